The molecular weight excluding hydrogens is 406 g/mol. The lowest BCUT2D eigenvalue weighted by molar-refractivity contribution is -0.214. The van der Waals surface area contributed by atoms with Crippen LogP contribution >= 0.6 is 0 Å². The van der Waals surface area contributed by atoms with Gasteiger partial charge in [-0.1, -0.05) is 53.7 Å². The summed E-state index contributed by atoms with van der Waals surface area (Å²) in [7, 11) is -3.91. The van der Waals surface area contributed by atoms with Crippen LogP contribution in [-0.4, -0.2) is 60.8 Å². The number of hydrogen-bond acceptors (Lipinski definition) is 6. The first kappa shape index (κ1) is 25.2. The van der Waals surface area contributed by atoms with E-state index in [0.29, 0.717) is 0 Å². The Hall–Kier alpha value is -1.03. The van der Waals surface area contributed by atoms with Gasteiger partial charge < -0.3 is 20.1 Å². The van der Waals surface area contributed by atoms with Crippen molar-refractivity contribution in [2.75, 3.05) is 6.54 Å². The maximum absolute atomic E-state index is 13.4. The second kappa shape index (κ2) is 9.63. The highest BCUT2D eigenvalue weighted by Crippen LogP contribution is 2.35. The van der Waals surface area contributed by atoms with Crippen molar-refractivity contribution in [3.05, 3.63) is 28.8 Å². The summed E-state index contributed by atoms with van der Waals surface area (Å²) in [6.45, 7) is 13.4. The lowest BCUT2D eigenvalue weighted by Gasteiger charge is -2.39. The van der Waals surface area contributed by atoms with E-state index in [1.54, 1.807) is 6.92 Å². The molecule has 172 valence electrons. The minimum atomic E-state index is -3.91. The van der Waals surface area contributed by atoms with Gasteiger partial charge in [0.25, 0.3) is 0 Å². The molecule has 1 aromatic carbocycles. The number of aliphatic hydroxyl groups excluding tert-OH is 3. The van der Waals surface area contributed by atoms with Crippen LogP contribution in [0.15, 0.2) is 17.0 Å². The van der Waals surface area contributed by atoms with Gasteiger partial charge >= 0.3 is 0 Å². The van der Waals surface area contributed by atoms with Crippen LogP contribution in [0.2, 0.25) is 0 Å². The third kappa shape index (κ3) is 5.23. The number of sulfonamides is 1. The van der Waals surface area contributed by atoms with E-state index in [-0.39, 0.29) is 29.2 Å². The Bertz CT molecular complexity index is 807. The summed E-state index contributed by atoms with van der Waals surface area (Å²) in [5, 5.41) is 30.0. The van der Waals surface area contributed by atoms with Crippen LogP contribution in [-0.2, 0) is 14.8 Å². The summed E-state index contributed by atoms with van der Waals surface area (Å²) >= 11 is 0. The molecule has 2 rings (SSSR count). The molecule has 0 aromatic heterocycles. The van der Waals surface area contributed by atoms with Gasteiger partial charge in [-0.15, -0.1) is 0 Å². The van der Waals surface area contributed by atoms with Crippen molar-refractivity contribution in [3.8, 4) is 0 Å². The van der Waals surface area contributed by atoms with E-state index < -0.39 is 40.5 Å². The average molecular weight is 444 g/mol. The first-order valence-electron chi connectivity index (χ1n) is 10.6. The molecule has 1 saturated heterocycles. The molecule has 0 aliphatic carbocycles. The molecule has 8 heteroatoms. The fourth-order valence-corrected chi connectivity index (χ4v) is 5.51. The first-order valence-corrected chi connectivity index (χ1v) is 12.1. The Morgan fingerprint density at radius 2 is 1.40 bits per heavy atom. The second-order valence-electron chi connectivity index (χ2n) is 9.20. The molecule has 5 atom stereocenters. The van der Waals surface area contributed by atoms with Gasteiger partial charge in [-0.05, 0) is 41.4 Å². The smallest absolute Gasteiger partial charge is 0.241 e. The fourth-order valence-electron chi connectivity index (χ4n) is 3.77. The van der Waals surface area contributed by atoms with E-state index in [0.717, 1.165) is 16.7 Å². The molecule has 2 unspecified atom stereocenters. The van der Waals surface area contributed by atoms with Crippen molar-refractivity contribution >= 4 is 10.0 Å². The molecule has 4 N–H and O–H groups in total. The van der Waals surface area contributed by atoms with E-state index >= 15 is 0 Å². The number of benzene rings is 1. The predicted octanol–water partition coefficient (Wildman–Crippen LogP) is 2.21. The van der Waals surface area contributed by atoms with Gasteiger partial charge in [-0.3, -0.25) is 0 Å². The Morgan fingerprint density at radius 1 is 0.900 bits per heavy atom. The molecule has 0 saturated carbocycles. The van der Waals surface area contributed by atoms with Crippen molar-refractivity contribution in [3.63, 3.8) is 0 Å². The van der Waals surface area contributed by atoms with Crippen LogP contribution < -0.4 is 4.72 Å². The summed E-state index contributed by atoms with van der Waals surface area (Å²) in [4.78, 5) is 0.274. The zero-order chi connectivity index (χ0) is 23.0. The highest BCUT2D eigenvalue weighted by Gasteiger charge is 2.42. The number of rotatable bonds is 7. The molecule has 0 bridgehead atoms. The second-order valence-corrected chi connectivity index (χ2v) is 10.9. The molecule has 1 fully saturated rings. The topological polar surface area (TPSA) is 116 Å². The maximum atomic E-state index is 13.4. The van der Waals surface area contributed by atoms with Crippen LogP contribution in [0.3, 0.4) is 0 Å². The maximum Gasteiger partial charge on any atom is 0.241 e. The predicted molar refractivity (Wildman–Crippen MR) is 116 cm³/mol. The molecular formula is C22H37NO6S. The lowest BCUT2D eigenvalue weighted by atomic mass is 9.89. The summed E-state index contributed by atoms with van der Waals surface area (Å²) in [5.41, 5.74) is 2.61. The summed E-state index contributed by atoms with van der Waals surface area (Å²) in [6, 6.07) is 3.92. The largest absolute Gasteiger partial charge is 0.388 e. The number of aliphatic hydroxyl groups is 3. The van der Waals surface area contributed by atoms with E-state index in [2.05, 4.69) is 18.6 Å². The van der Waals surface area contributed by atoms with Gasteiger partial charge in [0.1, 0.15) is 24.4 Å². The molecule has 1 aliphatic heterocycles. The van der Waals surface area contributed by atoms with Crippen LogP contribution in [0.4, 0.5) is 0 Å². The lowest BCUT2D eigenvalue weighted by Crippen LogP contribution is -2.59. The molecule has 1 aliphatic rings. The van der Waals surface area contributed by atoms with Crippen molar-refractivity contribution < 1.29 is 28.5 Å². The van der Waals surface area contributed by atoms with E-state index in [9.17, 15) is 23.7 Å². The minimum Gasteiger partial charge on any atom is -0.388 e. The monoisotopic (exact) mass is 443 g/mol. The van der Waals surface area contributed by atoms with Crippen LogP contribution in [0.1, 0.15) is 82.9 Å². The molecule has 30 heavy (non-hydrogen) atoms. The van der Waals surface area contributed by atoms with Gasteiger partial charge in [0.05, 0.1) is 11.0 Å². The van der Waals surface area contributed by atoms with Crippen molar-refractivity contribution in [2.24, 2.45) is 0 Å². The van der Waals surface area contributed by atoms with Crippen molar-refractivity contribution in [1.82, 2.24) is 4.72 Å². The Kier molecular flexibility index (Phi) is 8.10. The Balaban J connectivity index is 2.41. The molecule has 0 amide bonds. The molecule has 0 spiro atoms. The van der Waals surface area contributed by atoms with Gasteiger partial charge in [-0.2, -0.15) is 0 Å². The zero-order valence-corrected chi connectivity index (χ0v) is 19.8. The summed E-state index contributed by atoms with van der Waals surface area (Å²) < 4.78 is 34.9. The average Bonchev–Trinajstić information content (AvgIpc) is 2.66. The van der Waals surface area contributed by atoms with Crippen molar-refractivity contribution in [1.29, 1.82) is 0 Å². The van der Waals surface area contributed by atoms with Gasteiger partial charge in [0.2, 0.25) is 10.0 Å². The Morgan fingerprint density at radius 3 is 1.83 bits per heavy atom. The normalized spacial score (nSPS) is 28.0. The van der Waals surface area contributed by atoms with Crippen LogP contribution in [0.5, 0.6) is 0 Å². The van der Waals surface area contributed by atoms with E-state index in [1.165, 1.54) is 0 Å². The molecule has 7 nitrogen and oxygen atoms in total. The van der Waals surface area contributed by atoms with Gasteiger partial charge in [0, 0.05) is 6.54 Å². The Labute approximate surface area is 180 Å². The minimum absolute atomic E-state index is 0.00119. The number of nitrogens with one attached hydrogen (secondary N) is 1. The van der Waals surface area contributed by atoms with Crippen molar-refractivity contribution in [2.45, 2.75) is 102 Å². The highest BCUT2D eigenvalue weighted by atomic mass is 32.2. The third-order valence-corrected chi connectivity index (χ3v) is 7.33. The molecule has 1 aromatic rings. The molecule has 0 radical (unpaired) electrons. The first-order chi connectivity index (χ1) is 13.8. The standard InChI is InChI=1S/C22H37NO6S/c1-11(2)15-8-16(12(3)4)22(17(9-15)13(5)6)30(27,28)23-10-18-20(25)21(26)19(24)14(7)29-18/h8-9,11-14,18-21,23-26H,10H2,1-7H3/t14?,18-,19-,20?,21+/m1/s1. The van der Waals surface area contributed by atoms with Gasteiger partial charge in [-0.25, -0.2) is 13.1 Å². The van der Waals surface area contributed by atoms with Crippen LogP contribution in [0.25, 0.3) is 0 Å². The zero-order valence-electron chi connectivity index (χ0n) is 19.0. The fraction of sp³-hybridized carbons (Fsp3) is 0.727. The van der Waals surface area contributed by atoms with E-state index in [1.807, 2.05) is 39.8 Å². The number of ether oxygens (including phenoxy) is 1. The van der Waals surface area contributed by atoms with Gasteiger partial charge in [0.15, 0.2) is 0 Å². The van der Waals surface area contributed by atoms with Crippen LogP contribution in [0, 0.1) is 0 Å². The SMILES string of the molecule is CC(C)c1cc(C(C)C)c(S(=O)(=O)NC[C@H]2OC(C)[C@@H](O)[C@H](O)C2O)c(C(C)C)c1. The number of hydrogen-bond donors (Lipinski definition) is 4. The summed E-state index contributed by atoms with van der Waals surface area (Å²) in [6.07, 6.45) is -5.70. The molecule has 1 heterocycles. The third-order valence-electron chi connectivity index (χ3n) is 5.77. The quantitative estimate of drug-likeness (QED) is 0.513. The summed E-state index contributed by atoms with van der Waals surface area (Å²) in [5.74, 6) is 0.271. The van der Waals surface area contributed by atoms with E-state index in [4.69, 9.17) is 4.74 Å². The highest BCUT2D eigenvalue weighted by molar-refractivity contribution is 7.89.